The Labute approximate surface area is 110 Å². The zero-order valence-electron chi connectivity index (χ0n) is 7.19. The maximum absolute atomic E-state index is 10.2. The van der Waals surface area contributed by atoms with Gasteiger partial charge in [0.1, 0.15) is 0 Å². The van der Waals surface area contributed by atoms with Crippen LogP contribution < -0.4 is 0 Å². The number of aliphatic carboxylic acids is 1. The van der Waals surface area contributed by atoms with E-state index in [1.807, 2.05) is 6.92 Å². The molecule has 83 valence electrons. The van der Waals surface area contributed by atoms with Crippen molar-refractivity contribution in [1.29, 1.82) is 0 Å². The van der Waals surface area contributed by atoms with Crippen LogP contribution in [0, 0.1) is 0 Å². The topological polar surface area (TPSA) is 63.1 Å². The van der Waals surface area contributed by atoms with Crippen molar-refractivity contribution in [2.24, 2.45) is 0 Å². The molecule has 8 heteroatoms. The van der Waals surface area contributed by atoms with Crippen molar-refractivity contribution in [3.8, 4) is 0 Å². The van der Waals surface area contributed by atoms with Crippen molar-refractivity contribution in [3.63, 3.8) is 0 Å². The van der Waals surface area contributed by atoms with Crippen LogP contribution in [-0.2, 0) is 27.2 Å². The molecule has 1 heterocycles. The molecule has 0 saturated carbocycles. The average molecular weight is 344 g/mol. The predicted molar refractivity (Wildman–Crippen MR) is 54.7 cm³/mol. The molecule has 1 N–H and O–H groups in total. The standard InChI is InChI=1S/C6H8N2O2S3.Ag/c1-2-11-5-7-8-6(13-5)12-3-4(9)10;/h2-3H2,1H3,(H,9,10);. The number of carboxylic acids is 1. The molecule has 0 unspecified atom stereocenters. The smallest absolute Gasteiger partial charge is 0.313 e. The second-order valence-electron chi connectivity index (χ2n) is 1.95. The molecule has 0 aromatic carbocycles. The fourth-order valence-corrected chi connectivity index (χ4v) is 3.20. The molecule has 0 aliphatic rings. The minimum atomic E-state index is -0.829. The molecule has 0 saturated heterocycles. The van der Waals surface area contributed by atoms with Crippen LogP contribution >= 0.6 is 34.9 Å². The number of nitrogens with zero attached hydrogens (tertiary/aromatic N) is 2. The summed E-state index contributed by atoms with van der Waals surface area (Å²) in [6.45, 7) is 2.04. The summed E-state index contributed by atoms with van der Waals surface area (Å²) in [7, 11) is 0. The molecular formula is C6H8AgN2O2S3. The van der Waals surface area contributed by atoms with Crippen LogP contribution in [0.5, 0.6) is 0 Å². The Balaban J connectivity index is 0.00000169. The maximum Gasteiger partial charge on any atom is 0.313 e. The van der Waals surface area contributed by atoms with Crippen LogP contribution in [0.2, 0.25) is 0 Å². The van der Waals surface area contributed by atoms with Gasteiger partial charge in [-0.15, -0.1) is 10.2 Å². The van der Waals surface area contributed by atoms with Gasteiger partial charge in [0.15, 0.2) is 8.68 Å². The van der Waals surface area contributed by atoms with E-state index < -0.39 is 5.97 Å². The van der Waals surface area contributed by atoms with E-state index in [2.05, 4.69) is 10.2 Å². The zero-order valence-corrected chi connectivity index (χ0v) is 11.1. The van der Waals surface area contributed by atoms with E-state index in [4.69, 9.17) is 5.11 Å². The summed E-state index contributed by atoms with van der Waals surface area (Å²) < 4.78 is 1.62. The van der Waals surface area contributed by atoms with Gasteiger partial charge in [0.2, 0.25) is 0 Å². The first-order valence-corrected chi connectivity index (χ1v) is 6.32. The van der Waals surface area contributed by atoms with Crippen molar-refractivity contribution >= 4 is 40.8 Å². The number of thioether (sulfide) groups is 2. The summed E-state index contributed by atoms with van der Waals surface area (Å²) in [5.41, 5.74) is 0. The van der Waals surface area contributed by atoms with Crippen molar-refractivity contribution in [2.45, 2.75) is 15.6 Å². The molecule has 0 fully saturated rings. The van der Waals surface area contributed by atoms with E-state index in [0.717, 1.165) is 14.4 Å². The van der Waals surface area contributed by atoms with Crippen LogP contribution in [0.25, 0.3) is 0 Å². The number of aromatic nitrogens is 2. The van der Waals surface area contributed by atoms with Gasteiger partial charge >= 0.3 is 5.97 Å². The molecular weight excluding hydrogens is 336 g/mol. The Kier molecular flexibility index (Phi) is 7.98. The Morgan fingerprint density at radius 2 is 2.00 bits per heavy atom. The van der Waals surface area contributed by atoms with Crippen LogP contribution in [0.1, 0.15) is 6.92 Å². The SMILES string of the molecule is CCSc1nnc(SCC(=O)O)s1.[Ag]. The molecule has 14 heavy (non-hydrogen) atoms. The fourth-order valence-electron chi connectivity index (χ4n) is 0.561. The van der Waals surface area contributed by atoms with Crippen LogP contribution in [0.4, 0.5) is 0 Å². The second kappa shape index (κ2) is 7.72. The van der Waals surface area contributed by atoms with Gasteiger partial charge in [-0.1, -0.05) is 41.8 Å². The largest absolute Gasteiger partial charge is 0.481 e. The first-order chi connectivity index (χ1) is 6.22. The fraction of sp³-hybridized carbons (Fsp3) is 0.500. The van der Waals surface area contributed by atoms with Crippen molar-refractivity contribution < 1.29 is 32.3 Å². The van der Waals surface area contributed by atoms with Gasteiger partial charge in [-0.3, -0.25) is 4.79 Å². The summed E-state index contributed by atoms with van der Waals surface area (Å²) in [6.07, 6.45) is 0. The second-order valence-corrected chi connectivity index (χ2v) is 5.66. The van der Waals surface area contributed by atoms with E-state index in [0.29, 0.717) is 0 Å². The van der Waals surface area contributed by atoms with E-state index in [9.17, 15) is 4.79 Å². The Morgan fingerprint density at radius 3 is 2.50 bits per heavy atom. The van der Waals surface area contributed by atoms with Crippen LogP contribution in [0.3, 0.4) is 0 Å². The third-order valence-corrected chi connectivity index (χ3v) is 4.03. The average Bonchev–Trinajstić information content (AvgIpc) is 2.50. The normalized spacial score (nSPS) is 9.50. The first kappa shape index (κ1) is 14.5. The summed E-state index contributed by atoms with van der Waals surface area (Å²) in [4.78, 5) is 10.2. The van der Waals surface area contributed by atoms with E-state index >= 15 is 0 Å². The minimum absolute atomic E-state index is 0. The molecule has 0 aliphatic heterocycles. The van der Waals surface area contributed by atoms with Crippen molar-refractivity contribution in [2.75, 3.05) is 11.5 Å². The Morgan fingerprint density at radius 1 is 1.43 bits per heavy atom. The van der Waals surface area contributed by atoms with Gasteiger partial charge < -0.3 is 5.11 Å². The predicted octanol–water partition coefficient (Wildman–Crippen LogP) is 1.82. The first-order valence-electron chi connectivity index (χ1n) is 3.53. The van der Waals surface area contributed by atoms with E-state index in [-0.39, 0.29) is 28.1 Å². The Hall–Kier alpha value is 0.470. The molecule has 0 atom stereocenters. The van der Waals surface area contributed by atoms with Gasteiger partial charge in [0, 0.05) is 22.4 Å². The Bertz CT molecular complexity index is 294. The molecule has 4 nitrogen and oxygen atoms in total. The molecule has 1 aromatic rings. The van der Waals surface area contributed by atoms with Crippen molar-refractivity contribution in [1.82, 2.24) is 10.2 Å². The quantitative estimate of drug-likeness (QED) is 0.650. The molecule has 0 amide bonds. The third kappa shape index (κ3) is 5.38. The molecule has 0 spiro atoms. The van der Waals surface area contributed by atoms with Crippen molar-refractivity contribution in [3.05, 3.63) is 0 Å². The summed E-state index contributed by atoms with van der Waals surface area (Å²) in [5, 5.41) is 16.2. The number of hydrogen-bond acceptors (Lipinski definition) is 6. The molecule has 0 aliphatic carbocycles. The van der Waals surface area contributed by atoms with Crippen LogP contribution in [0.15, 0.2) is 8.68 Å². The molecule has 1 radical (unpaired) electrons. The van der Waals surface area contributed by atoms with Gasteiger partial charge in [-0.25, -0.2) is 0 Å². The van der Waals surface area contributed by atoms with E-state index in [1.54, 1.807) is 11.8 Å². The molecule has 1 rings (SSSR count). The van der Waals surface area contributed by atoms with Gasteiger partial charge in [-0.05, 0) is 5.75 Å². The summed E-state index contributed by atoms with van der Waals surface area (Å²) in [6, 6.07) is 0. The zero-order chi connectivity index (χ0) is 9.68. The van der Waals surface area contributed by atoms with E-state index in [1.165, 1.54) is 23.1 Å². The monoisotopic (exact) mass is 343 g/mol. The number of carboxylic acid groups (broad SMARTS) is 1. The summed E-state index contributed by atoms with van der Waals surface area (Å²) >= 11 is 4.26. The van der Waals surface area contributed by atoms with Crippen LogP contribution in [-0.4, -0.2) is 32.8 Å². The van der Waals surface area contributed by atoms with Gasteiger partial charge in [0.05, 0.1) is 5.75 Å². The molecule has 1 aromatic heterocycles. The van der Waals surface area contributed by atoms with Gasteiger partial charge in [0.25, 0.3) is 0 Å². The minimum Gasteiger partial charge on any atom is -0.481 e. The number of carbonyl (C=O) groups is 1. The molecule has 0 bridgehead atoms. The third-order valence-electron chi connectivity index (χ3n) is 0.975. The van der Waals surface area contributed by atoms with Gasteiger partial charge in [-0.2, -0.15) is 0 Å². The number of hydrogen-bond donors (Lipinski definition) is 1. The number of rotatable bonds is 5. The summed E-state index contributed by atoms with van der Waals surface area (Å²) in [5.74, 6) is 0.175. The maximum atomic E-state index is 10.2.